The van der Waals surface area contributed by atoms with Gasteiger partial charge in [-0.05, 0) is 37.1 Å². The molecule has 0 fully saturated rings. The number of methoxy groups -OCH3 is 1. The Morgan fingerprint density at radius 1 is 1.32 bits per heavy atom. The largest absolute Gasteiger partial charge is 0.496 e. The van der Waals surface area contributed by atoms with Crippen LogP contribution in [0.2, 0.25) is 0 Å². The molecule has 0 spiro atoms. The number of carbonyl (C=O) groups is 1. The standard InChI is InChI=1S/C17H21N3O2/c1-12(10-13-6-4-5-7-16(13)22-3)20(2)17(21)15-9-8-14(18)11-19-15/h4-9,11-12H,10,18H2,1-3H3. The molecule has 1 amide bonds. The van der Waals surface area contributed by atoms with Gasteiger partial charge < -0.3 is 15.4 Å². The molecule has 0 aliphatic carbocycles. The van der Waals surface area contributed by atoms with Crippen LogP contribution in [0.1, 0.15) is 23.0 Å². The van der Waals surface area contributed by atoms with E-state index in [1.54, 1.807) is 31.2 Å². The molecule has 1 heterocycles. The molecule has 22 heavy (non-hydrogen) atoms. The van der Waals surface area contributed by atoms with E-state index in [0.29, 0.717) is 17.8 Å². The van der Waals surface area contributed by atoms with E-state index < -0.39 is 0 Å². The molecule has 0 aliphatic rings. The number of hydrogen-bond acceptors (Lipinski definition) is 4. The Balaban J connectivity index is 2.10. The summed E-state index contributed by atoms with van der Waals surface area (Å²) < 4.78 is 5.35. The van der Waals surface area contributed by atoms with Crippen LogP contribution in [0.5, 0.6) is 5.75 Å². The third-order valence-electron chi connectivity index (χ3n) is 3.69. The van der Waals surface area contributed by atoms with Gasteiger partial charge in [0.2, 0.25) is 0 Å². The smallest absolute Gasteiger partial charge is 0.272 e. The van der Waals surface area contributed by atoms with Gasteiger partial charge in [-0.25, -0.2) is 4.98 Å². The number of nitrogens with two attached hydrogens (primary N) is 1. The average Bonchev–Trinajstić information content (AvgIpc) is 2.54. The van der Waals surface area contributed by atoms with Crippen molar-refractivity contribution < 1.29 is 9.53 Å². The highest BCUT2D eigenvalue weighted by molar-refractivity contribution is 5.92. The van der Waals surface area contributed by atoms with Crippen molar-refractivity contribution in [1.82, 2.24) is 9.88 Å². The molecule has 0 bridgehead atoms. The Labute approximate surface area is 130 Å². The van der Waals surface area contributed by atoms with Gasteiger partial charge in [0.05, 0.1) is 19.0 Å². The molecule has 2 aromatic rings. The summed E-state index contributed by atoms with van der Waals surface area (Å²) in [5.74, 6) is 0.711. The molecule has 2 N–H and O–H groups in total. The summed E-state index contributed by atoms with van der Waals surface area (Å²) in [6, 6.07) is 11.2. The topological polar surface area (TPSA) is 68.5 Å². The highest BCUT2D eigenvalue weighted by Gasteiger charge is 2.19. The number of nitrogens with zero attached hydrogens (tertiary/aromatic N) is 2. The van der Waals surface area contributed by atoms with Crippen molar-refractivity contribution in [2.24, 2.45) is 0 Å². The first kappa shape index (κ1) is 15.8. The fourth-order valence-corrected chi connectivity index (χ4v) is 2.24. The lowest BCUT2D eigenvalue weighted by molar-refractivity contribution is 0.0737. The number of benzene rings is 1. The monoisotopic (exact) mass is 299 g/mol. The van der Waals surface area contributed by atoms with Crippen LogP contribution in [0.15, 0.2) is 42.6 Å². The van der Waals surface area contributed by atoms with Crippen molar-refractivity contribution >= 4 is 11.6 Å². The molecule has 0 radical (unpaired) electrons. The number of pyridine rings is 1. The van der Waals surface area contributed by atoms with E-state index in [-0.39, 0.29) is 11.9 Å². The van der Waals surface area contributed by atoms with Gasteiger partial charge in [-0.2, -0.15) is 0 Å². The minimum absolute atomic E-state index is 0.0168. The van der Waals surface area contributed by atoms with Crippen molar-refractivity contribution in [2.75, 3.05) is 19.9 Å². The first-order valence-corrected chi connectivity index (χ1v) is 7.13. The molecule has 5 heteroatoms. The number of para-hydroxylation sites is 1. The van der Waals surface area contributed by atoms with Gasteiger partial charge in [0.15, 0.2) is 0 Å². The fraction of sp³-hybridized carbons (Fsp3) is 0.294. The zero-order chi connectivity index (χ0) is 16.1. The molecule has 1 aromatic carbocycles. The summed E-state index contributed by atoms with van der Waals surface area (Å²) in [6.07, 6.45) is 2.20. The first-order chi connectivity index (χ1) is 10.5. The highest BCUT2D eigenvalue weighted by Crippen LogP contribution is 2.20. The van der Waals surface area contributed by atoms with Crippen LogP contribution < -0.4 is 10.5 Å². The lowest BCUT2D eigenvalue weighted by atomic mass is 10.0. The Morgan fingerprint density at radius 2 is 2.05 bits per heavy atom. The summed E-state index contributed by atoms with van der Waals surface area (Å²) in [7, 11) is 3.43. The number of anilines is 1. The van der Waals surface area contributed by atoms with E-state index in [9.17, 15) is 4.79 Å². The molecule has 1 unspecified atom stereocenters. The number of aromatic nitrogens is 1. The molecule has 0 saturated carbocycles. The number of nitrogen functional groups attached to an aromatic ring is 1. The predicted molar refractivity (Wildman–Crippen MR) is 86.9 cm³/mol. The molecule has 1 aromatic heterocycles. The predicted octanol–water partition coefficient (Wildman–Crippen LogP) is 2.38. The van der Waals surface area contributed by atoms with Crippen LogP contribution in [-0.2, 0) is 6.42 Å². The average molecular weight is 299 g/mol. The quantitative estimate of drug-likeness (QED) is 0.920. The molecular formula is C17H21N3O2. The first-order valence-electron chi connectivity index (χ1n) is 7.13. The third-order valence-corrected chi connectivity index (χ3v) is 3.69. The highest BCUT2D eigenvalue weighted by atomic mass is 16.5. The Morgan fingerprint density at radius 3 is 2.68 bits per heavy atom. The van der Waals surface area contributed by atoms with E-state index in [2.05, 4.69) is 4.98 Å². The summed E-state index contributed by atoms with van der Waals surface area (Å²) >= 11 is 0. The van der Waals surface area contributed by atoms with Gasteiger partial charge in [0.1, 0.15) is 11.4 Å². The number of carbonyl (C=O) groups excluding carboxylic acids is 1. The van der Waals surface area contributed by atoms with E-state index in [4.69, 9.17) is 10.5 Å². The molecule has 116 valence electrons. The van der Waals surface area contributed by atoms with E-state index in [1.165, 1.54) is 6.20 Å². The second kappa shape index (κ2) is 6.93. The maximum atomic E-state index is 12.4. The summed E-state index contributed by atoms with van der Waals surface area (Å²) in [5, 5.41) is 0. The zero-order valence-electron chi connectivity index (χ0n) is 13.1. The Hall–Kier alpha value is -2.56. The van der Waals surface area contributed by atoms with E-state index in [0.717, 1.165) is 11.3 Å². The van der Waals surface area contributed by atoms with Crippen molar-refractivity contribution in [3.05, 3.63) is 53.9 Å². The van der Waals surface area contributed by atoms with Gasteiger partial charge >= 0.3 is 0 Å². The van der Waals surface area contributed by atoms with Gasteiger partial charge in [-0.15, -0.1) is 0 Å². The SMILES string of the molecule is COc1ccccc1CC(C)N(C)C(=O)c1ccc(N)cn1. The Kier molecular flexibility index (Phi) is 4.99. The van der Waals surface area contributed by atoms with Crippen LogP contribution in [0.3, 0.4) is 0 Å². The summed E-state index contributed by atoms with van der Waals surface area (Å²) in [4.78, 5) is 18.2. The van der Waals surface area contributed by atoms with Crippen molar-refractivity contribution in [1.29, 1.82) is 0 Å². The van der Waals surface area contributed by atoms with E-state index in [1.807, 2.05) is 31.2 Å². The molecule has 2 rings (SSSR count). The normalized spacial score (nSPS) is 11.8. The van der Waals surface area contributed by atoms with Gasteiger partial charge in [0.25, 0.3) is 5.91 Å². The number of ether oxygens (including phenoxy) is 1. The molecule has 0 saturated heterocycles. The van der Waals surface area contributed by atoms with Crippen LogP contribution >= 0.6 is 0 Å². The van der Waals surface area contributed by atoms with Crippen LogP contribution in [-0.4, -0.2) is 36.0 Å². The van der Waals surface area contributed by atoms with Gasteiger partial charge in [-0.1, -0.05) is 18.2 Å². The fourth-order valence-electron chi connectivity index (χ4n) is 2.24. The lowest BCUT2D eigenvalue weighted by Crippen LogP contribution is -2.37. The molecule has 5 nitrogen and oxygen atoms in total. The maximum absolute atomic E-state index is 12.4. The van der Waals surface area contributed by atoms with Crippen LogP contribution in [0.4, 0.5) is 5.69 Å². The van der Waals surface area contributed by atoms with Crippen LogP contribution in [0, 0.1) is 0 Å². The molecular weight excluding hydrogens is 278 g/mol. The second-order valence-electron chi connectivity index (χ2n) is 5.26. The summed E-state index contributed by atoms with van der Waals surface area (Å²) in [6.45, 7) is 2.00. The van der Waals surface area contributed by atoms with Crippen molar-refractivity contribution in [3.63, 3.8) is 0 Å². The maximum Gasteiger partial charge on any atom is 0.272 e. The van der Waals surface area contributed by atoms with Crippen molar-refractivity contribution in [3.8, 4) is 5.75 Å². The molecule has 0 aliphatic heterocycles. The Bertz CT molecular complexity index is 641. The lowest BCUT2D eigenvalue weighted by Gasteiger charge is -2.25. The minimum atomic E-state index is -0.123. The van der Waals surface area contributed by atoms with Gasteiger partial charge in [-0.3, -0.25) is 4.79 Å². The number of rotatable bonds is 5. The van der Waals surface area contributed by atoms with Gasteiger partial charge in [0, 0.05) is 13.1 Å². The summed E-state index contributed by atoms with van der Waals surface area (Å²) in [5.41, 5.74) is 7.60. The minimum Gasteiger partial charge on any atom is -0.496 e. The van der Waals surface area contributed by atoms with Crippen molar-refractivity contribution in [2.45, 2.75) is 19.4 Å². The third kappa shape index (κ3) is 3.55. The number of likely N-dealkylation sites (N-methyl/N-ethyl adjacent to an activating group) is 1. The van der Waals surface area contributed by atoms with Crippen LogP contribution in [0.25, 0.3) is 0 Å². The second-order valence-corrected chi connectivity index (χ2v) is 5.26. The zero-order valence-corrected chi connectivity index (χ0v) is 13.1. The molecule has 1 atom stereocenters. The van der Waals surface area contributed by atoms with E-state index >= 15 is 0 Å². The number of amides is 1. The number of hydrogen-bond donors (Lipinski definition) is 1.